The molecule has 1 saturated heterocycles. The topological polar surface area (TPSA) is 80.0 Å². The lowest BCUT2D eigenvalue weighted by atomic mass is 10.1. The number of nitrogens with zero attached hydrogens (tertiary/aromatic N) is 5. The lowest BCUT2D eigenvalue weighted by molar-refractivity contribution is 0.299. The molecule has 1 unspecified atom stereocenters. The third kappa shape index (κ3) is 2.06. The van der Waals surface area contributed by atoms with Gasteiger partial charge in [0.25, 0.3) is 0 Å². The highest BCUT2D eigenvalue weighted by molar-refractivity contribution is 7.19. The predicted molar refractivity (Wildman–Crippen MR) is 91.2 cm³/mol. The fourth-order valence-corrected chi connectivity index (χ4v) is 5.06. The highest BCUT2D eigenvalue weighted by atomic mass is 32.1. The van der Waals surface area contributed by atoms with Crippen molar-refractivity contribution >= 4 is 27.4 Å². The van der Waals surface area contributed by atoms with Crippen LogP contribution in [-0.4, -0.2) is 33.4 Å². The quantitative estimate of drug-likeness (QED) is 0.766. The van der Waals surface area contributed by atoms with E-state index in [1.807, 2.05) is 6.92 Å². The molecule has 0 bridgehead atoms. The Balaban J connectivity index is 1.66. The molecule has 124 valence electrons. The average Bonchev–Trinajstić information content (AvgIpc) is 3.31. The third-order valence-electron chi connectivity index (χ3n) is 5.02. The predicted octanol–water partition coefficient (Wildman–Crippen LogP) is 2.37. The zero-order valence-electron chi connectivity index (χ0n) is 13.4. The molecule has 1 atom stereocenters. The van der Waals surface area contributed by atoms with Gasteiger partial charge in [-0.05, 0) is 38.3 Å². The molecule has 1 fully saturated rings. The van der Waals surface area contributed by atoms with Gasteiger partial charge in [0.15, 0.2) is 0 Å². The van der Waals surface area contributed by atoms with Crippen LogP contribution in [0.3, 0.4) is 0 Å². The summed E-state index contributed by atoms with van der Waals surface area (Å²) in [5, 5.41) is 12.8. The number of hydrogen-bond acceptors (Lipinski definition) is 8. The van der Waals surface area contributed by atoms with Crippen LogP contribution in [0, 0.1) is 6.92 Å². The SMILES string of the molecule is Cc1nonc1C1CCCN1c1ncnc2sc3c(c12)CCNC3. The van der Waals surface area contributed by atoms with Crippen LogP contribution in [0.5, 0.6) is 0 Å². The standard InChI is InChI=1S/C16H18N6OS/c1-9-14(21-23-20-9)11-3-2-6-22(11)15-13-10-4-5-17-7-12(10)24-16(13)19-8-18-15/h8,11,17H,2-7H2,1H3. The van der Waals surface area contributed by atoms with Gasteiger partial charge < -0.3 is 10.2 Å². The fourth-order valence-electron chi connectivity index (χ4n) is 3.91. The van der Waals surface area contributed by atoms with Gasteiger partial charge in [-0.1, -0.05) is 10.3 Å². The first-order valence-corrected chi connectivity index (χ1v) is 9.16. The van der Waals surface area contributed by atoms with E-state index in [9.17, 15) is 0 Å². The van der Waals surface area contributed by atoms with Gasteiger partial charge >= 0.3 is 0 Å². The van der Waals surface area contributed by atoms with Gasteiger partial charge in [0.1, 0.15) is 28.4 Å². The maximum Gasteiger partial charge on any atom is 0.141 e. The van der Waals surface area contributed by atoms with Crippen LogP contribution < -0.4 is 10.2 Å². The summed E-state index contributed by atoms with van der Waals surface area (Å²) >= 11 is 1.79. The van der Waals surface area contributed by atoms with Crippen molar-refractivity contribution in [2.45, 2.75) is 38.8 Å². The van der Waals surface area contributed by atoms with Crippen molar-refractivity contribution in [1.29, 1.82) is 0 Å². The molecule has 2 aliphatic rings. The van der Waals surface area contributed by atoms with Crippen molar-refractivity contribution < 1.29 is 4.63 Å². The molecule has 5 heterocycles. The maximum atomic E-state index is 4.94. The smallest absolute Gasteiger partial charge is 0.141 e. The number of aromatic nitrogens is 4. The number of anilines is 1. The van der Waals surface area contributed by atoms with Crippen molar-refractivity contribution in [2.24, 2.45) is 0 Å². The summed E-state index contributed by atoms with van der Waals surface area (Å²) in [4.78, 5) is 14.1. The van der Waals surface area contributed by atoms with Gasteiger partial charge in [-0.2, -0.15) is 0 Å². The maximum absolute atomic E-state index is 4.94. The molecule has 0 spiro atoms. The van der Waals surface area contributed by atoms with E-state index in [1.54, 1.807) is 17.7 Å². The Morgan fingerprint density at radius 3 is 3.17 bits per heavy atom. The zero-order valence-corrected chi connectivity index (χ0v) is 14.3. The second-order valence-electron chi connectivity index (χ2n) is 6.39. The van der Waals surface area contributed by atoms with Gasteiger partial charge in [0, 0.05) is 18.0 Å². The summed E-state index contributed by atoms with van der Waals surface area (Å²) < 4.78 is 4.94. The Bertz CT molecular complexity index is 903. The third-order valence-corrected chi connectivity index (χ3v) is 6.16. The summed E-state index contributed by atoms with van der Waals surface area (Å²) in [5.41, 5.74) is 3.23. The number of hydrogen-bond donors (Lipinski definition) is 1. The Morgan fingerprint density at radius 1 is 1.33 bits per heavy atom. The molecule has 5 rings (SSSR count). The van der Waals surface area contributed by atoms with E-state index in [4.69, 9.17) is 4.63 Å². The van der Waals surface area contributed by atoms with Gasteiger partial charge in [-0.25, -0.2) is 14.6 Å². The zero-order chi connectivity index (χ0) is 16.1. The Kier molecular flexibility index (Phi) is 3.27. The Morgan fingerprint density at radius 2 is 2.29 bits per heavy atom. The van der Waals surface area contributed by atoms with E-state index in [0.29, 0.717) is 0 Å². The first kappa shape index (κ1) is 14.3. The molecule has 3 aromatic heterocycles. The second kappa shape index (κ2) is 5.49. The Labute approximate surface area is 143 Å². The van der Waals surface area contributed by atoms with E-state index < -0.39 is 0 Å². The van der Waals surface area contributed by atoms with Crippen LogP contribution in [0.4, 0.5) is 5.82 Å². The first-order chi connectivity index (χ1) is 11.8. The van der Waals surface area contributed by atoms with Crippen LogP contribution in [0.2, 0.25) is 0 Å². The molecule has 0 saturated carbocycles. The molecule has 1 N–H and O–H groups in total. The number of fused-ring (bicyclic) bond motifs is 3. The van der Waals surface area contributed by atoms with Crippen molar-refractivity contribution in [1.82, 2.24) is 25.6 Å². The molecule has 24 heavy (non-hydrogen) atoms. The van der Waals surface area contributed by atoms with Crippen LogP contribution in [0.25, 0.3) is 10.2 Å². The monoisotopic (exact) mass is 342 g/mol. The number of rotatable bonds is 2. The fraction of sp³-hybridized carbons (Fsp3) is 0.500. The molecule has 8 heteroatoms. The van der Waals surface area contributed by atoms with E-state index >= 15 is 0 Å². The van der Waals surface area contributed by atoms with Crippen LogP contribution >= 0.6 is 11.3 Å². The lowest BCUT2D eigenvalue weighted by Gasteiger charge is -2.25. The van der Waals surface area contributed by atoms with Crippen LogP contribution in [0.1, 0.15) is 40.7 Å². The minimum atomic E-state index is 0.187. The van der Waals surface area contributed by atoms with E-state index in [1.165, 1.54) is 15.8 Å². The van der Waals surface area contributed by atoms with Gasteiger partial charge in [-0.15, -0.1) is 11.3 Å². The van der Waals surface area contributed by atoms with Crippen molar-refractivity contribution in [3.05, 3.63) is 28.2 Å². The molecule has 0 radical (unpaired) electrons. The largest absolute Gasteiger partial charge is 0.347 e. The molecular weight excluding hydrogens is 324 g/mol. The molecule has 3 aromatic rings. The van der Waals surface area contributed by atoms with Gasteiger partial charge in [0.2, 0.25) is 0 Å². The normalized spacial score (nSPS) is 20.7. The lowest BCUT2D eigenvalue weighted by Crippen LogP contribution is -2.26. The highest BCUT2D eigenvalue weighted by Gasteiger charge is 2.33. The minimum Gasteiger partial charge on any atom is -0.347 e. The molecule has 7 nitrogen and oxygen atoms in total. The summed E-state index contributed by atoms with van der Waals surface area (Å²) in [6.07, 6.45) is 4.90. The summed E-state index contributed by atoms with van der Waals surface area (Å²) in [6, 6.07) is 0.187. The van der Waals surface area contributed by atoms with Crippen molar-refractivity contribution in [3.8, 4) is 0 Å². The summed E-state index contributed by atoms with van der Waals surface area (Å²) in [6.45, 7) is 4.89. The molecule has 2 aliphatic heterocycles. The molecular formula is C16H18N6OS. The molecule has 0 aromatic carbocycles. The number of aryl methyl sites for hydroxylation is 1. The summed E-state index contributed by atoms with van der Waals surface area (Å²) in [7, 11) is 0. The summed E-state index contributed by atoms with van der Waals surface area (Å²) in [5.74, 6) is 1.05. The van der Waals surface area contributed by atoms with Crippen molar-refractivity contribution in [2.75, 3.05) is 18.0 Å². The Hall–Kier alpha value is -2.06. The van der Waals surface area contributed by atoms with E-state index in [0.717, 1.165) is 60.9 Å². The number of nitrogens with one attached hydrogen (secondary N) is 1. The number of thiophene rings is 1. The van der Waals surface area contributed by atoms with E-state index in [-0.39, 0.29) is 6.04 Å². The van der Waals surface area contributed by atoms with Crippen molar-refractivity contribution in [3.63, 3.8) is 0 Å². The molecule has 0 amide bonds. The average molecular weight is 342 g/mol. The minimum absolute atomic E-state index is 0.187. The van der Waals surface area contributed by atoms with Gasteiger partial charge in [-0.3, -0.25) is 0 Å². The van der Waals surface area contributed by atoms with Gasteiger partial charge in [0.05, 0.1) is 11.4 Å². The second-order valence-corrected chi connectivity index (χ2v) is 7.48. The first-order valence-electron chi connectivity index (χ1n) is 8.34. The van der Waals surface area contributed by atoms with E-state index in [2.05, 4.69) is 30.5 Å². The van der Waals surface area contributed by atoms with Crippen LogP contribution in [-0.2, 0) is 13.0 Å². The van der Waals surface area contributed by atoms with Crippen LogP contribution in [0.15, 0.2) is 11.0 Å². The molecule has 0 aliphatic carbocycles. The highest BCUT2D eigenvalue weighted by Crippen LogP contribution is 2.42.